The number of carbonyl (C=O) groups is 2. The fourth-order valence-corrected chi connectivity index (χ4v) is 1.42. The maximum Gasteiger partial charge on any atom is 0.353 e. The molecular weight excluding hydrogens is 254 g/mol. The Morgan fingerprint density at radius 1 is 1.44 bits per heavy atom. The molecule has 0 heterocycles. The number of hydrogen-bond donors (Lipinski definition) is 2. The normalized spacial score (nSPS) is 13.6. The van der Waals surface area contributed by atoms with Gasteiger partial charge in [-0.3, -0.25) is 4.79 Å². The van der Waals surface area contributed by atoms with Crippen molar-refractivity contribution in [3.05, 3.63) is 0 Å². The van der Waals surface area contributed by atoms with Gasteiger partial charge in [0.2, 0.25) is 5.91 Å². The number of aliphatic carboxylic acids is 1. The second-order valence-corrected chi connectivity index (χ2v) is 3.93. The number of carboxylic acid groups (broad SMARTS) is 1. The van der Waals surface area contributed by atoms with Crippen LogP contribution in [-0.4, -0.2) is 40.5 Å². The van der Waals surface area contributed by atoms with Gasteiger partial charge in [0.05, 0.1) is 0 Å². The molecule has 0 aliphatic rings. The molecule has 0 aromatic heterocycles. The van der Waals surface area contributed by atoms with E-state index >= 15 is 0 Å². The number of thioether (sulfide) groups is 1. The molecule has 0 aromatic carbocycles. The first-order valence-electron chi connectivity index (χ1n) is 3.96. The van der Waals surface area contributed by atoms with E-state index in [2.05, 4.69) is 0 Å². The van der Waals surface area contributed by atoms with Gasteiger partial charge in [-0.2, -0.15) is 8.78 Å². The van der Waals surface area contributed by atoms with Crippen molar-refractivity contribution in [2.24, 2.45) is 0 Å². The molecule has 1 amide bonds. The molecule has 0 saturated carbocycles. The van der Waals surface area contributed by atoms with Crippen molar-refractivity contribution in [3.63, 3.8) is 0 Å². The van der Waals surface area contributed by atoms with Gasteiger partial charge in [0, 0.05) is 12.7 Å². The standard InChI is InChI=1S/C7H9F4NO3S/c1-3(13)12-4(5(14)15)2-16-7(10,11)6(8)9/h4,6H,2H2,1H3,(H,12,13)(H,14,15). The van der Waals surface area contributed by atoms with Gasteiger partial charge in [-0.25, -0.2) is 13.6 Å². The highest BCUT2D eigenvalue weighted by Crippen LogP contribution is 2.35. The van der Waals surface area contributed by atoms with E-state index < -0.39 is 47.1 Å². The molecular formula is C7H9F4NO3S. The highest BCUT2D eigenvalue weighted by molar-refractivity contribution is 8.00. The van der Waals surface area contributed by atoms with E-state index in [-0.39, 0.29) is 0 Å². The Labute approximate surface area is 92.4 Å². The van der Waals surface area contributed by atoms with Crippen molar-refractivity contribution in [1.82, 2.24) is 5.32 Å². The van der Waals surface area contributed by atoms with Gasteiger partial charge in [-0.05, 0) is 0 Å². The van der Waals surface area contributed by atoms with E-state index in [1.807, 2.05) is 5.32 Å². The lowest BCUT2D eigenvalue weighted by Crippen LogP contribution is -2.42. The van der Waals surface area contributed by atoms with Gasteiger partial charge in [0.15, 0.2) is 0 Å². The smallest absolute Gasteiger partial charge is 0.353 e. The minimum atomic E-state index is -4.33. The van der Waals surface area contributed by atoms with Gasteiger partial charge in [0.1, 0.15) is 6.04 Å². The van der Waals surface area contributed by atoms with Crippen LogP contribution < -0.4 is 5.32 Å². The number of alkyl halides is 4. The molecule has 2 N–H and O–H groups in total. The zero-order valence-electron chi connectivity index (χ0n) is 8.05. The van der Waals surface area contributed by atoms with Gasteiger partial charge in [-0.1, -0.05) is 11.8 Å². The summed E-state index contributed by atoms with van der Waals surface area (Å²) in [5.74, 6) is -3.15. The summed E-state index contributed by atoms with van der Waals surface area (Å²) in [5.41, 5.74) is 0. The molecule has 4 nitrogen and oxygen atoms in total. The lowest BCUT2D eigenvalue weighted by Gasteiger charge is -2.18. The molecule has 0 radical (unpaired) electrons. The van der Waals surface area contributed by atoms with Crippen LogP contribution in [0.3, 0.4) is 0 Å². The van der Waals surface area contributed by atoms with Crippen LogP contribution in [0.25, 0.3) is 0 Å². The summed E-state index contributed by atoms with van der Waals surface area (Å²) in [6, 6.07) is -1.62. The van der Waals surface area contributed by atoms with Gasteiger partial charge >= 0.3 is 17.6 Å². The fourth-order valence-electron chi connectivity index (χ4n) is 0.677. The van der Waals surface area contributed by atoms with Crippen LogP contribution >= 0.6 is 11.8 Å². The third-order valence-electron chi connectivity index (χ3n) is 1.37. The van der Waals surface area contributed by atoms with E-state index in [4.69, 9.17) is 5.11 Å². The third-order valence-corrected chi connectivity index (χ3v) is 2.44. The minimum absolute atomic E-state index is 0.514. The molecule has 0 fully saturated rings. The highest BCUT2D eigenvalue weighted by Gasteiger charge is 2.42. The minimum Gasteiger partial charge on any atom is -0.480 e. The molecule has 0 spiro atoms. The monoisotopic (exact) mass is 263 g/mol. The Hall–Kier alpha value is -0.990. The molecule has 0 aliphatic carbocycles. The van der Waals surface area contributed by atoms with Crippen LogP contribution in [0.1, 0.15) is 6.92 Å². The van der Waals surface area contributed by atoms with Gasteiger partial charge in [0.25, 0.3) is 0 Å². The third kappa shape index (κ3) is 5.19. The van der Waals surface area contributed by atoms with Crippen molar-refractivity contribution in [2.75, 3.05) is 5.75 Å². The van der Waals surface area contributed by atoms with E-state index in [9.17, 15) is 27.2 Å². The molecule has 0 aliphatic heterocycles. The first-order valence-corrected chi connectivity index (χ1v) is 4.95. The molecule has 0 aromatic rings. The Morgan fingerprint density at radius 3 is 2.25 bits per heavy atom. The van der Waals surface area contributed by atoms with Crippen LogP contribution in [0.5, 0.6) is 0 Å². The second-order valence-electron chi connectivity index (χ2n) is 2.76. The number of carbonyl (C=O) groups excluding carboxylic acids is 1. The maximum atomic E-state index is 12.4. The quantitative estimate of drug-likeness (QED) is 0.706. The predicted molar refractivity (Wildman–Crippen MR) is 48.6 cm³/mol. The maximum absolute atomic E-state index is 12.4. The summed E-state index contributed by atoms with van der Waals surface area (Å²) in [7, 11) is 0. The summed E-state index contributed by atoms with van der Waals surface area (Å²) in [6.07, 6.45) is -3.88. The number of amides is 1. The Balaban J connectivity index is 4.33. The van der Waals surface area contributed by atoms with Crippen molar-refractivity contribution in [1.29, 1.82) is 0 Å². The first kappa shape index (κ1) is 15.0. The van der Waals surface area contributed by atoms with E-state index in [1.54, 1.807) is 0 Å². The number of halogens is 4. The van der Waals surface area contributed by atoms with Crippen LogP contribution in [0, 0.1) is 0 Å². The van der Waals surface area contributed by atoms with Crippen molar-refractivity contribution in [2.45, 2.75) is 24.6 Å². The average Bonchev–Trinajstić information content (AvgIpc) is 2.10. The molecule has 1 unspecified atom stereocenters. The highest BCUT2D eigenvalue weighted by atomic mass is 32.2. The number of nitrogens with one attached hydrogen (secondary N) is 1. The van der Waals surface area contributed by atoms with Crippen LogP contribution in [-0.2, 0) is 9.59 Å². The molecule has 0 bridgehead atoms. The lowest BCUT2D eigenvalue weighted by molar-refractivity contribution is -0.140. The molecule has 0 saturated heterocycles. The summed E-state index contributed by atoms with van der Waals surface area (Å²) in [6.45, 7) is 0.992. The zero-order valence-corrected chi connectivity index (χ0v) is 8.86. The molecule has 94 valence electrons. The Morgan fingerprint density at radius 2 is 1.94 bits per heavy atom. The molecule has 9 heteroatoms. The van der Waals surface area contributed by atoms with Crippen molar-refractivity contribution in [3.8, 4) is 0 Å². The van der Waals surface area contributed by atoms with E-state index in [0.29, 0.717) is 0 Å². The second kappa shape index (κ2) is 5.92. The van der Waals surface area contributed by atoms with Crippen LogP contribution in [0.15, 0.2) is 0 Å². The Kier molecular flexibility index (Phi) is 5.56. The van der Waals surface area contributed by atoms with Crippen molar-refractivity contribution < 1.29 is 32.3 Å². The average molecular weight is 263 g/mol. The number of rotatable bonds is 6. The Bertz CT molecular complexity index is 274. The number of carboxylic acids is 1. The first-order chi connectivity index (χ1) is 7.16. The topological polar surface area (TPSA) is 66.4 Å². The molecule has 1 atom stereocenters. The molecule has 16 heavy (non-hydrogen) atoms. The largest absolute Gasteiger partial charge is 0.480 e. The number of hydrogen-bond acceptors (Lipinski definition) is 3. The summed E-state index contributed by atoms with van der Waals surface area (Å²) in [5, 5.41) is 6.02. The lowest BCUT2D eigenvalue weighted by atomic mass is 10.3. The predicted octanol–water partition coefficient (Wildman–Crippen LogP) is 1.17. The summed E-state index contributed by atoms with van der Waals surface area (Å²) in [4.78, 5) is 21.0. The van der Waals surface area contributed by atoms with Crippen molar-refractivity contribution >= 4 is 23.6 Å². The van der Waals surface area contributed by atoms with Gasteiger partial charge < -0.3 is 10.4 Å². The van der Waals surface area contributed by atoms with Crippen LogP contribution in [0.2, 0.25) is 0 Å². The zero-order chi connectivity index (χ0) is 12.9. The van der Waals surface area contributed by atoms with Crippen LogP contribution in [0.4, 0.5) is 17.6 Å². The summed E-state index contributed by atoms with van der Waals surface area (Å²) >= 11 is -0.514. The fraction of sp³-hybridized carbons (Fsp3) is 0.714. The summed E-state index contributed by atoms with van der Waals surface area (Å²) < 4.78 is 48.3. The van der Waals surface area contributed by atoms with E-state index in [1.165, 1.54) is 0 Å². The molecule has 0 rings (SSSR count). The van der Waals surface area contributed by atoms with E-state index in [0.717, 1.165) is 6.92 Å². The SMILES string of the molecule is CC(=O)NC(CSC(F)(F)C(F)F)C(=O)O. The van der Waals surface area contributed by atoms with Gasteiger partial charge in [-0.15, -0.1) is 0 Å².